The smallest absolute Gasteiger partial charge is 0.239 e. The number of amides is 2. The molecule has 0 aliphatic heterocycles. The number of nitrogens with two attached hydrogens (primary N) is 1. The number of nitrogens with zero attached hydrogens (tertiary/aromatic N) is 1. The van der Waals surface area contributed by atoms with Crippen LogP contribution in [0.15, 0.2) is 42.5 Å². The largest absolute Gasteiger partial charge is 0.368 e. The molecule has 1 atom stereocenters. The van der Waals surface area contributed by atoms with Crippen molar-refractivity contribution in [3.05, 3.63) is 64.7 Å². The van der Waals surface area contributed by atoms with Crippen LogP contribution in [0, 0.1) is 11.6 Å². The van der Waals surface area contributed by atoms with Crippen LogP contribution >= 0.6 is 11.6 Å². The van der Waals surface area contributed by atoms with E-state index >= 15 is 0 Å². The fraction of sp³-hybridized carbons (Fsp3) is 0.176. The molecule has 8 heteroatoms. The summed E-state index contributed by atoms with van der Waals surface area (Å²) in [5, 5.41) is 2.42. The second-order valence-electron chi connectivity index (χ2n) is 5.45. The number of carbonyl (C=O) groups is 2. The molecular weight excluding hydrogens is 352 g/mol. The molecule has 3 N–H and O–H groups in total. The number of halogens is 3. The number of hydrogen-bond donors (Lipinski definition) is 2. The van der Waals surface area contributed by atoms with E-state index in [-0.39, 0.29) is 11.6 Å². The third-order valence-electron chi connectivity index (χ3n) is 3.47. The molecule has 2 rings (SSSR count). The fourth-order valence-electron chi connectivity index (χ4n) is 2.40. The van der Waals surface area contributed by atoms with Crippen molar-refractivity contribution in [2.24, 2.45) is 5.73 Å². The highest BCUT2D eigenvalue weighted by Crippen LogP contribution is 2.21. The minimum absolute atomic E-state index is 0.124. The summed E-state index contributed by atoms with van der Waals surface area (Å²) in [6.07, 6.45) is 0. The molecule has 2 aromatic rings. The van der Waals surface area contributed by atoms with Crippen molar-refractivity contribution in [2.45, 2.75) is 6.04 Å². The molecule has 2 amide bonds. The molecule has 0 spiro atoms. The number of nitrogens with one attached hydrogen (secondary N) is 1. The van der Waals surface area contributed by atoms with Crippen LogP contribution in [0.5, 0.6) is 0 Å². The lowest BCUT2D eigenvalue weighted by molar-refractivity contribution is -0.124. The molecule has 0 heterocycles. The zero-order chi connectivity index (χ0) is 18.6. The predicted octanol–water partition coefficient (Wildman–Crippen LogP) is 2.72. The Kier molecular flexibility index (Phi) is 6.06. The molecule has 0 saturated carbocycles. The van der Waals surface area contributed by atoms with Gasteiger partial charge in [-0.05, 0) is 42.9 Å². The van der Waals surface area contributed by atoms with Crippen LogP contribution in [0.25, 0.3) is 0 Å². The predicted molar refractivity (Wildman–Crippen MR) is 91.0 cm³/mol. The van der Waals surface area contributed by atoms with E-state index in [9.17, 15) is 18.4 Å². The van der Waals surface area contributed by atoms with Crippen molar-refractivity contribution in [3.63, 3.8) is 0 Å². The van der Waals surface area contributed by atoms with Gasteiger partial charge in [-0.1, -0.05) is 23.7 Å². The minimum atomic E-state index is -0.974. The first-order valence-electron chi connectivity index (χ1n) is 7.28. The number of benzene rings is 2. The van der Waals surface area contributed by atoms with Gasteiger partial charge in [0.2, 0.25) is 11.8 Å². The van der Waals surface area contributed by atoms with Crippen LogP contribution in [0.4, 0.5) is 14.5 Å². The lowest BCUT2D eigenvalue weighted by atomic mass is 10.0. The van der Waals surface area contributed by atoms with Crippen molar-refractivity contribution >= 4 is 29.1 Å². The molecule has 0 aliphatic rings. The first-order chi connectivity index (χ1) is 11.8. The number of rotatable bonds is 6. The molecule has 0 bridgehead atoms. The summed E-state index contributed by atoms with van der Waals surface area (Å²) < 4.78 is 26.5. The number of primary amides is 1. The van der Waals surface area contributed by atoms with Crippen LogP contribution in [0.1, 0.15) is 11.6 Å². The van der Waals surface area contributed by atoms with Gasteiger partial charge < -0.3 is 11.1 Å². The molecule has 5 nitrogen and oxygen atoms in total. The van der Waals surface area contributed by atoms with E-state index in [1.54, 1.807) is 6.07 Å². The fourth-order valence-corrected chi connectivity index (χ4v) is 2.59. The van der Waals surface area contributed by atoms with Gasteiger partial charge in [-0.15, -0.1) is 0 Å². The summed E-state index contributed by atoms with van der Waals surface area (Å²) in [6, 6.07) is 8.21. The van der Waals surface area contributed by atoms with E-state index in [2.05, 4.69) is 5.32 Å². The minimum Gasteiger partial charge on any atom is -0.368 e. The van der Waals surface area contributed by atoms with Gasteiger partial charge in [0.15, 0.2) is 0 Å². The van der Waals surface area contributed by atoms with Crippen molar-refractivity contribution in [3.8, 4) is 0 Å². The van der Waals surface area contributed by atoms with E-state index in [1.807, 2.05) is 0 Å². The summed E-state index contributed by atoms with van der Waals surface area (Å²) in [7, 11) is 1.51. The molecule has 25 heavy (non-hydrogen) atoms. The first kappa shape index (κ1) is 18.8. The average molecular weight is 368 g/mol. The number of hydrogen-bond acceptors (Lipinski definition) is 3. The Bertz CT molecular complexity index is 801. The van der Waals surface area contributed by atoms with Crippen LogP contribution in [0.2, 0.25) is 5.02 Å². The van der Waals surface area contributed by atoms with Crippen molar-refractivity contribution in [2.75, 3.05) is 18.9 Å². The summed E-state index contributed by atoms with van der Waals surface area (Å²) in [4.78, 5) is 25.3. The van der Waals surface area contributed by atoms with Gasteiger partial charge in [0.25, 0.3) is 0 Å². The maximum atomic E-state index is 13.4. The molecular formula is C17H16ClF2N3O2. The van der Waals surface area contributed by atoms with E-state index < -0.39 is 29.5 Å². The Hall–Kier alpha value is -2.51. The zero-order valence-electron chi connectivity index (χ0n) is 13.3. The monoisotopic (exact) mass is 367 g/mol. The molecule has 1 unspecified atom stereocenters. The van der Waals surface area contributed by atoms with E-state index in [1.165, 1.54) is 42.3 Å². The molecule has 132 valence electrons. The van der Waals surface area contributed by atoms with Gasteiger partial charge in [0.1, 0.15) is 17.7 Å². The van der Waals surface area contributed by atoms with E-state index in [4.69, 9.17) is 17.3 Å². The highest BCUT2D eigenvalue weighted by Gasteiger charge is 2.25. The highest BCUT2D eigenvalue weighted by atomic mass is 35.5. The number of likely N-dealkylation sites (N-methyl/N-ethyl adjacent to an activating group) is 1. The highest BCUT2D eigenvalue weighted by molar-refractivity contribution is 6.31. The molecule has 0 radical (unpaired) electrons. The Morgan fingerprint density at radius 3 is 2.56 bits per heavy atom. The summed E-state index contributed by atoms with van der Waals surface area (Å²) >= 11 is 5.66. The molecule has 0 saturated heterocycles. The normalized spacial score (nSPS) is 12.0. The standard InChI is InChI=1S/C17H16ClF2N3O2/c1-23(16(17(21)25)10-3-2-4-11(19)7-10)9-15(24)22-12-5-6-14(20)13(18)8-12/h2-8,16H,9H2,1H3,(H2,21,25)(H,22,24). The van der Waals surface area contributed by atoms with Crippen LogP contribution in [0.3, 0.4) is 0 Å². The first-order valence-corrected chi connectivity index (χ1v) is 7.65. The quantitative estimate of drug-likeness (QED) is 0.824. The average Bonchev–Trinajstić information content (AvgIpc) is 2.50. The third kappa shape index (κ3) is 4.98. The Morgan fingerprint density at radius 1 is 1.24 bits per heavy atom. The SMILES string of the molecule is CN(CC(=O)Nc1ccc(F)c(Cl)c1)C(C(N)=O)c1cccc(F)c1. The Morgan fingerprint density at radius 2 is 1.96 bits per heavy atom. The van der Waals surface area contributed by atoms with Gasteiger partial charge >= 0.3 is 0 Å². The molecule has 0 aliphatic carbocycles. The maximum absolute atomic E-state index is 13.4. The number of carbonyl (C=O) groups excluding carboxylic acids is 2. The topological polar surface area (TPSA) is 75.4 Å². The lowest BCUT2D eigenvalue weighted by Gasteiger charge is -2.25. The van der Waals surface area contributed by atoms with Crippen LogP contribution in [-0.4, -0.2) is 30.3 Å². The van der Waals surface area contributed by atoms with Crippen molar-refractivity contribution in [1.29, 1.82) is 0 Å². The summed E-state index contributed by atoms with van der Waals surface area (Å²) in [6.45, 7) is -0.195. The van der Waals surface area contributed by atoms with Crippen LogP contribution in [-0.2, 0) is 9.59 Å². The second kappa shape index (κ2) is 8.04. The van der Waals surface area contributed by atoms with Gasteiger partial charge in [0.05, 0.1) is 11.6 Å². The van der Waals surface area contributed by atoms with Crippen molar-refractivity contribution in [1.82, 2.24) is 4.90 Å². The Labute approximate surface area is 148 Å². The lowest BCUT2D eigenvalue weighted by Crippen LogP contribution is -2.39. The molecule has 0 aromatic heterocycles. The van der Waals surface area contributed by atoms with Crippen LogP contribution < -0.4 is 11.1 Å². The van der Waals surface area contributed by atoms with Gasteiger partial charge in [-0.25, -0.2) is 8.78 Å². The second-order valence-corrected chi connectivity index (χ2v) is 5.86. The summed E-state index contributed by atoms with van der Waals surface area (Å²) in [5.74, 6) is -2.29. The van der Waals surface area contributed by atoms with E-state index in [0.29, 0.717) is 11.3 Å². The number of anilines is 1. The molecule has 2 aromatic carbocycles. The molecule has 0 fully saturated rings. The van der Waals surface area contributed by atoms with Gasteiger partial charge in [-0.2, -0.15) is 0 Å². The summed E-state index contributed by atoms with van der Waals surface area (Å²) in [5.41, 5.74) is 6.04. The van der Waals surface area contributed by atoms with Gasteiger partial charge in [-0.3, -0.25) is 14.5 Å². The van der Waals surface area contributed by atoms with E-state index in [0.717, 1.165) is 6.07 Å². The maximum Gasteiger partial charge on any atom is 0.239 e. The van der Waals surface area contributed by atoms with Gasteiger partial charge in [0, 0.05) is 5.69 Å². The zero-order valence-corrected chi connectivity index (χ0v) is 14.1. The third-order valence-corrected chi connectivity index (χ3v) is 3.76. The Balaban J connectivity index is 2.09. The van der Waals surface area contributed by atoms with Crippen molar-refractivity contribution < 1.29 is 18.4 Å².